The van der Waals surface area contributed by atoms with E-state index in [1.807, 2.05) is 4.90 Å². The molecule has 2 amide bonds. The molecular formula is C18H26N4O2. The average molecular weight is 330 g/mol. The Balaban J connectivity index is 1.55. The topological polar surface area (TPSA) is 75.2 Å². The summed E-state index contributed by atoms with van der Waals surface area (Å²) in [5.41, 5.74) is 0.797. The normalized spacial score (nSPS) is 22.9. The molecule has 0 aromatic carbocycles. The molecule has 1 N–H and O–H groups in total. The molecule has 1 atom stereocenters. The average Bonchev–Trinajstić information content (AvgIpc) is 2.90. The van der Waals surface area contributed by atoms with E-state index < -0.39 is 0 Å². The zero-order valence-electron chi connectivity index (χ0n) is 14.1. The molecule has 130 valence electrons. The maximum absolute atomic E-state index is 12.5. The lowest BCUT2D eigenvalue weighted by Gasteiger charge is -2.37. The molecule has 2 heterocycles. The van der Waals surface area contributed by atoms with Crippen molar-refractivity contribution in [2.24, 2.45) is 5.92 Å². The van der Waals surface area contributed by atoms with Gasteiger partial charge in [0, 0.05) is 25.2 Å². The summed E-state index contributed by atoms with van der Waals surface area (Å²) in [6, 6.07) is 2.13. The van der Waals surface area contributed by atoms with Crippen molar-refractivity contribution in [1.29, 1.82) is 0 Å². The molecular weight excluding hydrogens is 304 g/mol. The molecule has 3 rings (SSSR count). The van der Waals surface area contributed by atoms with Crippen molar-refractivity contribution in [3.63, 3.8) is 0 Å². The molecule has 6 heteroatoms. The maximum Gasteiger partial charge on any atom is 0.225 e. The highest BCUT2D eigenvalue weighted by molar-refractivity contribution is 5.84. The fourth-order valence-electron chi connectivity index (χ4n) is 3.75. The first-order valence-electron chi connectivity index (χ1n) is 9.06. The summed E-state index contributed by atoms with van der Waals surface area (Å²) >= 11 is 0. The van der Waals surface area contributed by atoms with Gasteiger partial charge in [0.25, 0.3) is 0 Å². The Morgan fingerprint density at radius 3 is 2.71 bits per heavy atom. The van der Waals surface area contributed by atoms with Crippen LogP contribution >= 0.6 is 0 Å². The molecule has 2 aliphatic rings. The van der Waals surface area contributed by atoms with Crippen LogP contribution in [0.3, 0.4) is 0 Å². The largest absolute Gasteiger partial charge is 0.350 e. The van der Waals surface area contributed by atoms with Gasteiger partial charge in [0.05, 0.1) is 18.2 Å². The molecule has 1 aliphatic carbocycles. The van der Waals surface area contributed by atoms with Crippen molar-refractivity contribution >= 4 is 11.8 Å². The van der Waals surface area contributed by atoms with E-state index in [0.717, 1.165) is 18.5 Å². The second-order valence-electron chi connectivity index (χ2n) is 6.85. The van der Waals surface area contributed by atoms with Gasteiger partial charge in [-0.05, 0) is 25.3 Å². The van der Waals surface area contributed by atoms with E-state index in [-0.39, 0.29) is 17.7 Å². The Morgan fingerprint density at radius 1 is 1.21 bits per heavy atom. The van der Waals surface area contributed by atoms with Crippen LogP contribution in [0.1, 0.15) is 57.1 Å². The monoisotopic (exact) mass is 330 g/mol. The summed E-state index contributed by atoms with van der Waals surface area (Å²) < 4.78 is 0. The molecule has 1 aliphatic heterocycles. The van der Waals surface area contributed by atoms with Crippen LogP contribution in [0.2, 0.25) is 0 Å². The van der Waals surface area contributed by atoms with Crippen molar-refractivity contribution in [2.45, 2.75) is 64.0 Å². The van der Waals surface area contributed by atoms with E-state index in [1.165, 1.54) is 32.0 Å². The molecule has 0 radical (unpaired) electrons. The van der Waals surface area contributed by atoms with E-state index >= 15 is 0 Å². The van der Waals surface area contributed by atoms with Gasteiger partial charge >= 0.3 is 0 Å². The Bertz CT molecular complexity index is 555. The van der Waals surface area contributed by atoms with E-state index in [0.29, 0.717) is 32.0 Å². The SMILES string of the molecule is O=C(NCc1ccncn1)[C@@H]1CCC(=O)N(C2CCCCCC2)C1. The van der Waals surface area contributed by atoms with Gasteiger partial charge in [-0.2, -0.15) is 0 Å². The van der Waals surface area contributed by atoms with Crippen LogP contribution in [-0.4, -0.2) is 39.3 Å². The van der Waals surface area contributed by atoms with Gasteiger partial charge in [-0.25, -0.2) is 9.97 Å². The second kappa shape index (κ2) is 8.22. The maximum atomic E-state index is 12.5. The molecule has 6 nitrogen and oxygen atoms in total. The van der Waals surface area contributed by atoms with Crippen LogP contribution in [0.25, 0.3) is 0 Å². The molecule has 0 spiro atoms. The van der Waals surface area contributed by atoms with Gasteiger partial charge in [0.15, 0.2) is 0 Å². The van der Waals surface area contributed by atoms with E-state index in [1.54, 1.807) is 12.3 Å². The molecule has 24 heavy (non-hydrogen) atoms. The Labute approximate surface area is 143 Å². The number of piperidine rings is 1. The van der Waals surface area contributed by atoms with Gasteiger partial charge in [0.1, 0.15) is 6.33 Å². The molecule has 0 unspecified atom stereocenters. The number of hydrogen-bond acceptors (Lipinski definition) is 4. The lowest BCUT2D eigenvalue weighted by Crippen LogP contribution is -2.49. The first-order valence-corrected chi connectivity index (χ1v) is 9.06. The minimum atomic E-state index is -0.104. The number of likely N-dealkylation sites (tertiary alicyclic amines) is 1. The van der Waals surface area contributed by atoms with Crippen molar-refractivity contribution in [3.05, 3.63) is 24.3 Å². The highest BCUT2D eigenvalue weighted by Gasteiger charge is 2.34. The molecule has 1 saturated carbocycles. The number of hydrogen-bond donors (Lipinski definition) is 1. The Hall–Kier alpha value is -1.98. The smallest absolute Gasteiger partial charge is 0.225 e. The van der Waals surface area contributed by atoms with Crippen LogP contribution in [0.15, 0.2) is 18.6 Å². The number of amides is 2. The van der Waals surface area contributed by atoms with Gasteiger partial charge in [0.2, 0.25) is 11.8 Å². The van der Waals surface area contributed by atoms with Crippen LogP contribution in [0.4, 0.5) is 0 Å². The van der Waals surface area contributed by atoms with E-state index in [2.05, 4.69) is 15.3 Å². The van der Waals surface area contributed by atoms with Crippen LogP contribution in [-0.2, 0) is 16.1 Å². The van der Waals surface area contributed by atoms with Crippen LogP contribution in [0.5, 0.6) is 0 Å². The number of carbonyl (C=O) groups excluding carboxylic acids is 2. The lowest BCUT2D eigenvalue weighted by atomic mass is 9.93. The summed E-state index contributed by atoms with van der Waals surface area (Å²) in [6.45, 7) is 0.980. The first kappa shape index (κ1) is 16.9. The number of nitrogens with one attached hydrogen (secondary N) is 1. The van der Waals surface area contributed by atoms with Crippen LogP contribution < -0.4 is 5.32 Å². The molecule has 1 aromatic heterocycles. The fraction of sp³-hybridized carbons (Fsp3) is 0.667. The third-order valence-corrected chi connectivity index (χ3v) is 5.17. The third kappa shape index (κ3) is 4.30. The fourth-order valence-corrected chi connectivity index (χ4v) is 3.75. The Kier molecular flexibility index (Phi) is 5.77. The quantitative estimate of drug-likeness (QED) is 0.858. The highest BCUT2D eigenvalue weighted by Crippen LogP contribution is 2.27. The highest BCUT2D eigenvalue weighted by atomic mass is 16.2. The summed E-state index contributed by atoms with van der Waals surface area (Å²) in [4.78, 5) is 34.8. The van der Waals surface area contributed by atoms with Crippen molar-refractivity contribution in [3.8, 4) is 0 Å². The predicted molar refractivity (Wildman–Crippen MR) is 89.8 cm³/mol. The standard InChI is InChI=1S/C18H26N4O2/c23-17-8-7-14(12-22(17)16-5-3-1-2-4-6-16)18(24)20-11-15-9-10-19-13-21-15/h9-10,13-14,16H,1-8,11-12H2,(H,20,24)/t14-/m1/s1. The molecule has 1 aromatic rings. The summed E-state index contributed by atoms with van der Waals surface area (Å²) in [5.74, 6) is 0.147. The van der Waals surface area contributed by atoms with Crippen molar-refractivity contribution < 1.29 is 9.59 Å². The zero-order valence-corrected chi connectivity index (χ0v) is 14.1. The van der Waals surface area contributed by atoms with Crippen LogP contribution in [0, 0.1) is 5.92 Å². The number of carbonyl (C=O) groups is 2. The molecule has 0 bridgehead atoms. The lowest BCUT2D eigenvalue weighted by molar-refractivity contribution is -0.141. The second-order valence-corrected chi connectivity index (χ2v) is 6.85. The van der Waals surface area contributed by atoms with Gasteiger partial charge in [-0.3, -0.25) is 9.59 Å². The molecule has 2 fully saturated rings. The third-order valence-electron chi connectivity index (χ3n) is 5.17. The minimum absolute atomic E-state index is 0.0275. The number of nitrogens with zero attached hydrogens (tertiary/aromatic N) is 3. The molecule has 1 saturated heterocycles. The number of aromatic nitrogens is 2. The van der Waals surface area contributed by atoms with E-state index in [4.69, 9.17) is 0 Å². The summed E-state index contributed by atoms with van der Waals surface area (Å²) in [6.07, 6.45) is 11.4. The summed E-state index contributed by atoms with van der Waals surface area (Å²) in [5, 5.41) is 2.95. The van der Waals surface area contributed by atoms with Crippen molar-refractivity contribution in [2.75, 3.05) is 6.54 Å². The van der Waals surface area contributed by atoms with Crippen molar-refractivity contribution in [1.82, 2.24) is 20.2 Å². The first-order chi connectivity index (χ1) is 11.7. The predicted octanol–water partition coefficient (Wildman–Crippen LogP) is 2.05. The zero-order chi connectivity index (χ0) is 16.8. The number of rotatable bonds is 4. The van der Waals surface area contributed by atoms with Gasteiger partial charge in [-0.15, -0.1) is 0 Å². The van der Waals surface area contributed by atoms with Gasteiger partial charge < -0.3 is 10.2 Å². The van der Waals surface area contributed by atoms with Gasteiger partial charge in [-0.1, -0.05) is 25.7 Å². The Morgan fingerprint density at radius 2 is 2.00 bits per heavy atom. The summed E-state index contributed by atoms with van der Waals surface area (Å²) in [7, 11) is 0. The minimum Gasteiger partial charge on any atom is -0.350 e. The van der Waals surface area contributed by atoms with E-state index in [9.17, 15) is 9.59 Å².